The molecule has 0 spiro atoms. The van der Waals surface area contributed by atoms with Crippen LogP contribution in [0, 0.1) is 0 Å². The first-order valence-corrected chi connectivity index (χ1v) is 8.38. The van der Waals surface area contributed by atoms with Crippen molar-refractivity contribution in [2.75, 3.05) is 33.2 Å². The van der Waals surface area contributed by atoms with Crippen molar-refractivity contribution in [1.29, 1.82) is 0 Å². The monoisotopic (exact) mass is 287 g/mol. The quantitative estimate of drug-likeness (QED) is 0.917. The molecule has 2 heterocycles. The zero-order valence-electron chi connectivity index (χ0n) is 13.5. The molecule has 1 unspecified atom stereocenters. The van der Waals surface area contributed by atoms with Gasteiger partial charge in [0.05, 0.1) is 0 Å². The lowest BCUT2D eigenvalue weighted by atomic mass is 9.89. The fraction of sp³-hybridized carbons (Fsp3) is 0.667. The maximum atomic E-state index is 3.50. The van der Waals surface area contributed by atoms with E-state index in [-0.39, 0.29) is 0 Å². The summed E-state index contributed by atoms with van der Waals surface area (Å²) in [5, 5.41) is 3.50. The molecule has 0 radical (unpaired) electrons. The van der Waals surface area contributed by atoms with Gasteiger partial charge in [0.25, 0.3) is 0 Å². The lowest BCUT2D eigenvalue weighted by Crippen LogP contribution is -2.52. The smallest absolute Gasteiger partial charge is 0.0235 e. The van der Waals surface area contributed by atoms with Gasteiger partial charge in [-0.05, 0) is 38.8 Å². The van der Waals surface area contributed by atoms with E-state index in [2.05, 4.69) is 59.4 Å². The molecule has 0 saturated carbocycles. The zero-order chi connectivity index (χ0) is 14.7. The van der Waals surface area contributed by atoms with Crippen LogP contribution in [0.3, 0.4) is 0 Å². The largest absolute Gasteiger partial charge is 0.314 e. The van der Waals surface area contributed by atoms with Crippen LogP contribution in [-0.2, 0) is 6.54 Å². The van der Waals surface area contributed by atoms with Crippen LogP contribution >= 0.6 is 0 Å². The molecule has 1 aromatic carbocycles. The lowest BCUT2D eigenvalue weighted by molar-refractivity contribution is 0.111. The van der Waals surface area contributed by atoms with E-state index in [1.807, 2.05) is 0 Å². The van der Waals surface area contributed by atoms with Gasteiger partial charge in [-0.25, -0.2) is 0 Å². The molecule has 0 aliphatic carbocycles. The van der Waals surface area contributed by atoms with Gasteiger partial charge < -0.3 is 5.32 Å². The summed E-state index contributed by atoms with van der Waals surface area (Å²) in [4.78, 5) is 5.34. The van der Waals surface area contributed by atoms with Gasteiger partial charge >= 0.3 is 0 Å². The Kier molecular flexibility index (Phi) is 4.63. The second kappa shape index (κ2) is 6.47. The third-order valence-corrected chi connectivity index (χ3v) is 5.52. The second-order valence-electron chi connectivity index (χ2n) is 7.01. The highest BCUT2D eigenvalue weighted by atomic mass is 15.3. The molecule has 3 heteroatoms. The standard InChI is InChI=1S/C18H29N3/c1-18(19-2)9-12-21(13-10-18)17-8-11-20(15-17)14-16-6-4-3-5-7-16/h3-7,17,19H,8-15H2,1-2H3. The molecule has 0 amide bonds. The lowest BCUT2D eigenvalue weighted by Gasteiger charge is -2.41. The number of benzene rings is 1. The Morgan fingerprint density at radius 3 is 2.52 bits per heavy atom. The van der Waals surface area contributed by atoms with Gasteiger partial charge in [-0.3, -0.25) is 9.80 Å². The maximum Gasteiger partial charge on any atom is 0.0235 e. The number of likely N-dealkylation sites (tertiary alicyclic amines) is 2. The predicted molar refractivity (Wildman–Crippen MR) is 88.4 cm³/mol. The molecule has 21 heavy (non-hydrogen) atoms. The van der Waals surface area contributed by atoms with E-state index in [0.29, 0.717) is 5.54 Å². The molecule has 3 nitrogen and oxygen atoms in total. The van der Waals surface area contributed by atoms with Crippen molar-refractivity contribution in [3.05, 3.63) is 35.9 Å². The van der Waals surface area contributed by atoms with E-state index in [0.717, 1.165) is 12.6 Å². The van der Waals surface area contributed by atoms with Crippen molar-refractivity contribution in [1.82, 2.24) is 15.1 Å². The molecule has 2 saturated heterocycles. The van der Waals surface area contributed by atoms with Crippen molar-refractivity contribution in [3.63, 3.8) is 0 Å². The highest BCUT2D eigenvalue weighted by Gasteiger charge is 2.34. The van der Waals surface area contributed by atoms with E-state index in [1.54, 1.807) is 0 Å². The van der Waals surface area contributed by atoms with E-state index >= 15 is 0 Å². The first kappa shape index (κ1) is 15.0. The van der Waals surface area contributed by atoms with Gasteiger partial charge in [0.2, 0.25) is 0 Å². The van der Waals surface area contributed by atoms with Crippen molar-refractivity contribution in [3.8, 4) is 0 Å². The molecular formula is C18H29N3. The van der Waals surface area contributed by atoms with Gasteiger partial charge in [0.1, 0.15) is 0 Å². The Bertz CT molecular complexity index is 437. The van der Waals surface area contributed by atoms with E-state index in [9.17, 15) is 0 Å². The van der Waals surface area contributed by atoms with Gasteiger partial charge in [-0.15, -0.1) is 0 Å². The summed E-state index contributed by atoms with van der Waals surface area (Å²) in [6, 6.07) is 11.6. The Morgan fingerprint density at radius 2 is 1.86 bits per heavy atom. The molecule has 2 aliphatic heterocycles. The molecule has 2 fully saturated rings. The highest BCUT2D eigenvalue weighted by molar-refractivity contribution is 5.14. The normalized spacial score (nSPS) is 27.0. The summed E-state index contributed by atoms with van der Waals surface area (Å²) in [7, 11) is 2.10. The molecular weight excluding hydrogens is 258 g/mol. The van der Waals surface area contributed by atoms with Crippen LogP contribution in [0.15, 0.2) is 30.3 Å². The predicted octanol–water partition coefficient (Wildman–Crippen LogP) is 2.33. The Hall–Kier alpha value is -0.900. The molecule has 1 atom stereocenters. The molecule has 0 aromatic heterocycles. The Balaban J connectivity index is 1.49. The van der Waals surface area contributed by atoms with E-state index in [1.165, 1.54) is 51.0 Å². The summed E-state index contributed by atoms with van der Waals surface area (Å²) in [6.45, 7) is 8.47. The topological polar surface area (TPSA) is 18.5 Å². The number of hydrogen-bond acceptors (Lipinski definition) is 3. The van der Waals surface area contributed by atoms with Crippen molar-refractivity contribution >= 4 is 0 Å². The Morgan fingerprint density at radius 1 is 1.14 bits per heavy atom. The summed E-state index contributed by atoms with van der Waals surface area (Å²) in [5.41, 5.74) is 1.80. The second-order valence-corrected chi connectivity index (χ2v) is 7.01. The summed E-state index contributed by atoms with van der Waals surface area (Å²) < 4.78 is 0. The van der Waals surface area contributed by atoms with Gasteiger partial charge in [-0.1, -0.05) is 30.3 Å². The zero-order valence-corrected chi connectivity index (χ0v) is 13.5. The number of piperidine rings is 1. The fourth-order valence-corrected chi connectivity index (χ4v) is 3.73. The minimum Gasteiger partial charge on any atom is -0.314 e. The van der Waals surface area contributed by atoms with Gasteiger partial charge in [0, 0.05) is 44.3 Å². The molecule has 3 rings (SSSR count). The summed E-state index contributed by atoms with van der Waals surface area (Å²) >= 11 is 0. The molecule has 1 N–H and O–H groups in total. The third-order valence-electron chi connectivity index (χ3n) is 5.52. The molecule has 2 aliphatic rings. The number of hydrogen-bond donors (Lipinski definition) is 1. The number of nitrogens with one attached hydrogen (secondary N) is 1. The van der Waals surface area contributed by atoms with E-state index < -0.39 is 0 Å². The average Bonchev–Trinajstić information content (AvgIpc) is 2.97. The third kappa shape index (κ3) is 3.65. The van der Waals surface area contributed by atoms with Gasteiger partial charge in [0.15, 0.2) is 0 Å². The van der Waals surface area contributed by atoms with Crippen LogP contribution in [-0.4, -0.2) is 54.6 Å². The van der Waals surface area contributed by atoms with Crippen LogP contribution in [0.4, 0.5) is 0 Å². The SMILES string of the molecule is CNC1(C)CCN(C2CCN(Cc3ccccc3)C2)CC1. The fourth-order valence-electron chi connectivity index (χ4n) is 3.73. The van der Waals surface area contributed by atoms with Crippen LogP contribution < -0.4 is 5.32 Å². The first-order chi connectivity index (χ1) is 10.2. The summed E-state index contributed by atoms with van der Waals surface area (Å²) in [6.07, 6.45) is 3.89. The molecule has 116 valence electrons. The van der Waals surface area contributed by atoms with E-state index in [4.69, 9.17) is 0 Å². The van der Waals surface area contributed by atoms with Crippen LogP contribution in [0.1, 0.15) is 31.7 Å². The van der Waals surface area contributed by atoms with Gasteiger partial charge in [-0.2, -0.15) is 0 Å². The van der Waals surface area contributed by atoms with Crippen molar-refractivity contribution in [2.24, 2.45) is 0 Å². The minimum atomic E-state index is 0.360. The average molecular weight is 287 g/mol. The maximum absolute atomic E-state index is 3.50. The number of rotatable bonds is 4. The van der Waals surface area contributed by atoms with Crippen LogP contribution in [0.2, 0.25) is 0 Å². The van der Waals surface area contributed by atoms with Crippen molar-refractivity contribution < 1.29 is 0 Å². The highest BCUT2D eigenvalue weighted by Crippen LogP contribution is 2.26. The first-order valence-electron chi connectivity index (χ1n) is 8.38. The molecule has 1 aromatic rings. The van der Waals surface area contributed by atoms with Crippen molar-refractivity contribution in [2.45, 2.75) is 44.3 Å². The Labute approximate surface area is 129 Å². The number of nitrogens with zero attached hydrogens (tertiary/aromatic N) is 2. The van der Waals surface area contributed by atoms with Crippen LogP contribution in [0.25, 0.3) is 0 Å². The van der Waals surface area contributed by atoms with Crippen LogP contribution in [0.5, 0.6) is 0 Å². The molecule has 0 bridgehead atoms. The summed E-state index contributed by atoms with van der Waals surface area (Å²) in [5.74, 6) is 0. The minimum absolute atomic E-state index is 0.360.